The molecule has 7 heteroatoms. The number of aromatic nitrogens is 1. The second-order valence-electron chi connectivity index (χ2n) is 6.99. The molecule has 1 unspecified atom stereocenters. The Morgan fingerprint density at radius 1 is 1.14 bits per heavy atom. The number of carbonyl (C=O) groups excluding carboxylic acids is 1. The highest BCUT2D eigenvalue weighted by Crippen LogP contribution is 2.51. The molecular formula is C21H18N2O4S. The van der Waals surface area contributed by atoms with E-state index in [4.69, 9.17) is 9.47 Å². The largest absolute Gasteiger partial charge is 0.454 e. The number of carbonyl (C=O) groups is 1. The highest BCUT2D eigenvalue weighted by atomic mass is 32.1. The molecule has 2 aliphatic rings. The molecule has 2 aromatic carbocycles. The van der Waals surface area contributed by atoms with E-state index in [0.29, 0.717) is 21.5 Å². The molecule has 28 heavy (non-hydrogen) atoms. The fourth-order valence-electron chi connectivity index (χ4n) is 3.45. The number of nitrogens with zero attached hydrogens (tertiary/aromatic N) is 1. The summed E-state index contributed by atoms with van der Waals surface area (Å²) in [5.41, 5.74) is 1.17. The van der Waals surface area contributed by atoms with Crippen molar-refractivity contribution in [2.75, 3.05) is 12.1 Å². The van der Waals surface area contributed by atoms with Crippen molar-refractivity contribution >= 4 is 22.4 Å². The van der Waals surface area contributed by atoms with Crippen molar-refractivity contribution in [1.82, 2.24) is 4.98 Å². The number of anilines is 1. The summed E-state index contributed by atoms with van der Waals surface area (Å²) in [6.45, 7) is 0.212. The van der Waals surface area contributed by atoms with Crippen LogP contribution in [0.5, 0.6) is 11.5 Å². The van der Waals surface area contributed by atoms with E-state index in [1.165, 1.54) is 11.3 Å². The number of aliphatic hydroxyl groups excluding tert-OH is 1. The van der Waals surface area contributed by atoms with E-state index in [-0.39, 0.29) is 12.7 Å². The molecule has 0 radical (unpaired) electrons. The summed E-state index contributed by atoms with van der Waals surface area (Å²) in [7, 11) is 0. The fraction of sp³-hybridized carbons (Fsp3) is 0.238. The summed E-state index contributed by atoms with van der Waals surface area (Å²) in [4.78, 5) is 17.9. The Hall–Kier alpha value is -2.90. The minimum absolute atomic E-state index is 0.0820. The maximum atomic E-state index is 13.0. The standard InChI is InChI=1S/C21H18N2O4S/c24-18(13-4-2-1-3-5-13)17-11-22-20(28-17)23-19(25)21(8-9-21)14-6-7-15-16(10-14)27-12-26-15/h1-7,10-11,18,24H,8-9,12H2,(H,22,23,25). The third kappa shape index (κ3) is 2.93. The van der Waals surface area contributed by atoms with Gasteiger partial charge in [-0.05, 0) is 36.1 Å². The summed E-state index contributed by atoms with van der Waals surface area (Å²) in [6.07, 6.45) is 2.42. The van der Waals surface area contributed by atoms with E-state index >= 15 is 0 Å². The van der Waals surface area contributed by atoms with Gasteiger partial charge in [0.1, 0.15) is 6.10 Å². The Labute approximate surface area is 165 Å². The molecule has 1 amide bonds. The van der Waals surface area contributed by atoms with Crippen LogP contribution in [0.15, 0.2) is 54.7 Å². The van der Waals surface area contributed by atoms with Gasteiger partial charge in [-0.3, -0.25) is 4.79 Å². The van der Waals surface area contributed by atoms with Gasteiger partial charge in [-0.25, -0.2) is 4.98 Å². The molecule has 6 nitrogen and oxygen atoms in total. The quantitative estimate of drug-likeness (QED) is 0.691. The summed E-state index contributed by atoms with van der Waals surface area (Å²) < 4.78 is 10.8. The predicted octanol–water partition coefficient (Wildman–Crippen LogP) is 3.62. The van der Waals surface area contributed by atoms with Gasteiger partial charge in [-0.15, -0.1) is 0 Å². The Morgan fingerprint density at radius 3 is 2.71 bits per heavy atom. The maximum Gasteiger partial charge on any atom is 0.236 e. The first-order valence-electron chi connectivity index (χ1n) is 9.06. The number of benzene rings is 2. The topological polar surface area (TPSA) is 80.7 Å². The van der Waals surface area contributed by atoms with Gasteiger partial charge in [0.2, 0.25) is 12.7 Å². The maximum absolute atomic E-state index is 13.0. The smallest absolute Gasteiger partial charge is 0.236 e. The number of fused-ring (bicyclic) bond motifs is 1. The van der Waals surface area contributed by atoms with Gasteiger partial charge in [0.15, 0.2) is 16.6 Å². The van der Waals surface area contributed by atoms with Crippen LogP contribution in [-0.4, -0.2) is 22.8 Å². The molecule has 0 spiro atoms. The van der Waals surface area contributed by atoms with Gasteiger partial charge in [0.05, 0.1) is 10.3 Å². The van der Waals surface area contributed by atoms with Crippen molar-refractivity contribution in [2.45, 2.75) is 24.4 Å². The van der Waals surface area contributed by atoms with Crippen LogP contribution in [-0.2, 0) is 10.2 Å². The molecule has 1 saturated carbocycles. The van der Waals surface area contributed by atoms with Crippen LogP contribution in [0, 0.1) is 0 Å². The Balaban J connectivity index is 1.33. The first-order valence-corrected chi connectivity index (χ1v) is 9.88. The van der Waals surface area contributed by atoms with Crippen molar-refractivity contribution in [3.8, 4) is 11.5 Å². The monoisotopic (exact) mass is 394 g/mol. The van der Waals surface area contributed by atoms with Crippen LogP contribution >= 0.6 is 11.3 Å². The van der Waals surface area contributed by atoms with Crippen LogP contribution in [0.1, 0.15) is 34.9 Å². The summed E-state index contributed by atoms with van der Waals surface area (Å²) in [6, 6.07) is 15.0. The molecule has 142 valence electrons. The van der Waals surface area contributed by atoms with Gasteiger partial charge < -0.3 is 19.9 Å². The Kier molecular flexibility index (Phi) is 4.07. The minimum Gasteiger partial charge on any atom is -0.454 e. The molecular weight excluding hydrogens is 376 g/mol. The molecule has 0 saturated heterocycles. The number of hydrogen-bond donors (Lipinski definition) is 2. The van der Waals surface area contributed by atoms with E-state index < -0.39 is 11.5 Å². The second kappa shape index (κ2) is 6.61. The lowest BCUT2D eigenvalue weighted by atomic mass is 9.94. The predicted molar refractivity (Wildman–Crippen MR) is 105 cm³/mol. The lowest BCUT2D eigenvalue weighted by molar-refractivity contribution is -0.118. The number of hydrogen-bond acceptors (Lipinski definition) is 6. The number of nitrogens with one attached hydrogen (secondary N) is 1. The van der Waals surface area contributed by atoms with E-state index in [9.17, 15) is 9.90 Å². The summed E-state index contributed by atoms with van der Waals surface area (Å²) in [5, 5.41) is 13.9. The molecule has 2 N–H and O–H groups in total. The molecule has 1 fully saturated rings. The summed E-state index contributed by atoms with van der Waals surface area (Å²) >= 11 is 1.29. The highest BCUT2D eigenvalue weighted by Gasteiger charge is 2.52. The first-order chi connectivity index (χ1) is 13.7. The second-order valence-corrected chi connectivity index (χ2v) is 8.05. The number of rotatable bonds is 5. The number of thiazole rings is 1. The van der Waals surface area contributed by atoms with Crippen LogP contribution in [0.25, 0.3) is 0 Å². The van der Waals surface area contributed by atoms with Crippen LogP contribution in [0.3, 0.4) is 0 Å². The molecule has 1 aliphatic carbocycles. The first kappa shape index (κ1) is 17.2. The normalized spacial score (nSPS) is 17.2. The zero-order valence-corrected chi connectivity index (χ0v) is 15.7. The van der Waals surface area contributed by atoms with Crippen molar-refractivity contribution in [2.24, 2.45) is 0 Å². The summed E-state index contributed by atoms with van der Waals surface area (Å²) in [5.74, 6) is 1.31. The molecule has 1 aromatic heterocycles. The van der Waals surface area contributed by atoms with E-state index in [0.717, 1.165) is 24.0 Å². The SMILES string of the molecule is O=C(Nc1ncc(C(O)c2ccccc2)s1)C1(c2ccc3c(c2)OCO3)CC1. The molecule has 2 heterocycles. The number of aliphatic hydroxyl groups is 1. The Bertz CT molecular complexity index is 1030. The van der Waals surface area contributed by atoms with Gasteiger partial charge in [-0.1, -0.05) is 47.7 Å². The van der Waals surface area contributed by atoms with E-state index in [1.807, 2.05) is 48.5 Å². The van der Waals surface area contributed by atoms with Crippen molar-refractivity contribution in [3.05, 3.63) is 70.7 Å². The Morgan fingerprint density at radius 2 is 1.93 bits per heavy atom. The lowest BCUT2D eigenvalue weighted by Gasteiger charge is -2.15. The highest BCUT2D eigenvalue weighted by molar-refractivity contribution is 7.15. The van der Waals surface area contributed by atoms with Crippen molar-refractivity contribution in [1.29, 1.82) is 0 Å². The minimum atomic E-state index is -0.756. The van der Waals surface area contributed by atoms with Crippen LogP contribution < -0.4 is 14.8 Å². The molecule has 5 rings (SSSR count). The molecule has 1 aliphatic heterocycles. The number of ether oxygens (including phenoxy) is 2. The van der Waals surface area contributed by atoms with Gasteiger partial charge in [0.25, 0.3) is 0 Å². The van der Waals surface area contributed by atoms with Crippen molar-refractivity contribution < 1.29 is 19.4 Å². The average molecular weight is 394 g/mol. The van der Waals surface area contributed by atoms with Gasteiger partial charge in [-0.2, -0.15) is 0 Å². The fourth-order valence-corrected chi connectivity index (χ4v) is 4.28. The van der Waals surface area contributed by atoms with Gasteiger partial charge >= 0.3 is 0 Å². The zero-order chi connectivity index (χ0) is 19.1. The molecule has 0 bridgehead atoms. The third-order valence-electron chi connectivity index (χ3n) is 5.24. The van der Waals surface area contributed by atoms with E-state index in [2.05, 4.69) is 10.3 Å². The number of amides is 1. The van der Waals surface area contributed by atoms with Gasteiger partial charge in [0, 0.05) is 6.20 Å². The average Bonchev–Trinajstić information content (AvgIpc) is 3.19. The van der Waals surface area contributed by atoms with Crippen LogP contribution in [0.2, 0.25) is 0 Å². The molecule has 1 atom stereocenters. The lowest BCUT2D eigenvalue weighted by Crippen LogP contribution is -2.27. The zero-order valence-electron chi connectivity index (χ0n) is 14.9. The third-order valence-corrected chi connectivity index (χ3v) is 6.20. The van der Waals surface area contributed by atoms with Crippen LogP contribution in [0.4, 0.5) is 5.13 Å². The van der Waals surface area contributed by atoms with E-state index in [1.54, 1.807) is 6.20 Å². The van der Waals surface area contributed by atoms with Crippen molar-refractivity contribution in [3.63, 3.8) is 0 Å². The molecule has 3 aromatic rings.